The minimum absolute atomic E-state index is 0.0831. The van der Waals surface area contributed by atoms with E-state index in [0.717, 1.165) is 16.8 Å². The first-order valence-electron chi connectivity index (χ1n) is 8.10. The fraction of sp³-hybridized carbons (Fsp3) is 0.278. The van der Waals surface area contributed by atoms with Crippen LogP contribution in [0.15, 0.2) is 29.1 Å². The zero-order valence-corrected chi connectivity index (χ0v) is 15.0. The van der Waals surface area contributed by atoms with Gasteiger partial charge in [-0.15, -0.1) is 0 Å². The van der Waals surface area contributed by atoms with E-state index >= 15 is 0 Å². The summed E-state index contributed by atoms with van der Waals surface area (Å²) in [4.78, 5) is 48.6. The number of rotatable bonds is 6. The van der Waals surface area contributed by atoms with Gasteiger partial charge in [0.05, 0.1) is 12.3 Å². The van der Waals surface area contributed by atoms with Crippen LogP contribution in [0.5, 0.6) is 0 Å². The highest BCUT2D eigenvalue weighted by atomic mass is 19.1. The van der Waals surface area contributed by atoms with Crippen molar-refractivity contribution in [3.8, 4) is 5.69 Å². The van der Waals surface area contributed by atoms with Crippen molar-refractivity contribution < 1.29 is 23.5 Å². The Bertz CT molecular complexity index is 951. The molecule has 0 saturated heterocycles. The van der Waals surface area contributed by atoms with Crippen LogP contribution >= 0.6 is 0 Å². The number of nitrogens with zero attached hydrogens (tertiary/aromatic N) is 2. The lowest BCUT2D eigenvalue weighted by Gasteiger charge is -2.13. The van der Waals surface area contributed by atoms with Crippen LogP contribution in [-0.4, -0.2) is 40.6 Å². The molecule has 0 bridgehead atoms. The lowest BCUT2D eigenvalue weighted by atomic mass is 10.1. The van der Waals surface area contributed by atoms with Crippen molar-refractivity contribution in [3.05, 3.63) is 57.3 Å². The number of amides is 1. The molecule has 0 aliphatic rings. The summed E-state index contributed by atoms with van der Waals surface area (Å²) in [6.07, 6.45) is 0. The zero-order chi connectivity index (χ0) is 20.1. The molecule has 0 spiro atoms. The number of nitrogens with one attached hydrogen (secondary N) is 1. The molecule has 1 amide bonds. The van der Waals surface area contributed by atoms with E-state index in [0.29, 0.717) is 0 Å². The van der Waals surface area contributed by atoms with Crippen LogP contribution in [-0.2, 0) is 9.53 Å². The molecule has 8 nitrogen and oxygen atoms in total. The number of ether oxygens (including phenoxy) is 1. The van der Waals surface area contributed by atoms with Gasteiger partial charge in [0, 0.05) is 6.92 Å². The Balaban J connectivity index is 2.54. The van der Waals surface area contributed by atoms with E-state index < -0.39 is 35.6 Å². The fourth-order valence-electron chi connectivity index (χ4n) is 2.42. The summed E-state index contributed by atoms with van der Waals surface area (Å²) < 4.78 is 18.7. The van der Waals surface area contributed by atoms with Crippen LogP contribution in [0.4, 0.5) is 4.39 Å². The Labute approximate surface area is 154 Å². The molecule has 2 aromatic rings. The molecule has 27 heavy (non-hydrogen) atoms. The van der Waals surface area contributed by atoms with Gasteiger partial charge in [-0.05, 0) is 43.7 Å². The van der Waals surface area contributed by atoms with E-state index in [2.05, 4.69) is 10.4 Å². The van der Waals surface area contributed by atoms with E-state index in [1.165, 1.54) is 26.0 Å². The zero-order valence-electron chi connectivity index (χ0n) is 15.0. The van der Waals surface area contributed by atoms with Crippen LogP contribution in [0.2, 0.25) is 0 Å². The highest BCUT2D eigenvalue weighted by Gasteiger charge is 2.23. The minimum atomic E-state index is -0.841. The molecule has 0 aliphatic heterocycles. The van der Waals surface area contributed by atoms with Crippen molar-refractivity contribution in [2.75, 3.05) is 13.2 Å². The maximum absolute atomic E-state index is 13.2. The van der Waals surface area contributed by atoms with Gasteiger partial charge in [0.25, 0.3) is 11.5 Å². The number of Topliss-reactive ketones (excluding diaryl/α,β-unsaturated/α-hetero) is 1. The summed E-state index contributed by atoms with van der Waals surface area (Å²) in [6, 6.07) is 4.83. The summed E-state index contributed by atoms with van der Waals surface area (Å²) >= 11 is 0. The van der Waals surface area contributed by atoms with Crippen LogP contribution in [0.25, 0.3) is 5.69 Å². The number of esters is 1. The van der Waals surface area contributed by atoms with Gasteiger partial charge in [-0.2, -0.15) is 9.78 Å². The monoisotopic (exact) mass is 375 g/mol. The number of benzene rings is 1. The predicted octanol–water partition coefficient (Wildman–Crippen LogP) is 1.18. The minimum Gasteiger partial charge on any atom is -0.465 e. The molecule has 0 fully saturated rings. The third-order valence-electron chi connectivity index (χ3n) is 3.67. The van der Waals surface area contributed by atoms with Crippen LogP contribution in [0.1, 0.15) is 40.3 Å². The number of carbonyl (C=O) groups excluding carboxylic acids is 3. The second-order valence-electron chi connectivity index (χ2n) is 5.59. The van der Waals surface area contributed by atoms with Crippen LogP contribution in [0, 0.1) is 12.7 Å². The molecule has 1 aromatic heterocycles. The quantitative estimate of drug-likeness (QED) is 0.600. The van der Waals surface area contributed by atoms with Crippen molar-refractivity contribution >= 4 is 17.7 Å². The molecule has 1 heterocycles. The van der Waals surface area contributed by atoms with Crippen molar-refractivity contribution in [2.45, 2.75) is 20.8 Å². The summed E-state index contributed by atoms with van der Waals surface area (Å²) in [5.41, 5.74) is -0.940. The van der Waals surface area contributed by atoms with Gasteiger partial charge in [-0.25, -0.2) is 4.39 Å². The van der Waals surface area contributed by atoms with Crippen molar-refractivity contribution in [2.24, 2.45) is 0 Å². The molecule has 2 rings (SSSR count). The first-order valence-corrected chi connectivity index (χ1v) is 8.10. The number of ketones is 1. The Morgan fingerprint density at radius 3 is 2.41 bits per heavy atom. The predicted molar refractivity (Wildman–Crippen MR) is 93.5 cm³/mol. The summed E-state index contributed by atoms with van der Waals surface area (Å²) in [6.45, 7) is 4.00. The van der Waals surface area contributed by atoms with Crippen molar-refractivity contribution in [3.63, 3.8) is 0 Å². The molecule has 0 aliphatic carbocycles. The smallest absolute Gasteiger partial charge is 0.325 e. The van der Waals surface area contributed by atoms with E-state index in [1.807, 2.05) is 0 Å². The molecule has 1 aromatic carbocycles. The van der Waals surface area contributed by atoms with E-state index in [-0.39, 0.29) is 29.1 Å². The van der Waals surface area contributed by atoms with Gasteiger partial charge in [-0.1, -0.05) is 0 Å². The van der Waals surface area contributed by atoms with Crippen LogP contribution in [0.3, 0.4) is 0 Å². The average molecular weight is 375 g/mol. The molecule has 0 saturated carbocycles. The molecular weight excluding hydrogens is 357 g/mol. The topological polar surface area (TPSA) is 107 Å². The number of hydrogen-bond donors (Lipinski definition) is 1. The van der Waals surface area contributed by atoms with Gasteiger partial charge in [-0.3, -0.25) is 19.2 Å². The second-order valence-corrected chi connectivity index (χ2v) is 5.59. The molecule has 9 heteroatoms. The van der Waals surface area contributed by atoms with E-state index in [1.54, 1.807) is 6.92 Å². The third-order valence-corrected chi connectivity index (χ3v) is 3.67. The highest BCUT2D eigenvalue weighted by Crippen LogP contribution is 2.12. The maximum atomic E-state index is 13.2. The number of aromatic nitrogens is 2. The van der Waals surface area contributed by atoms with Crippen molar-refractivity contribution in [1.29, 1.82) is 0 Å². The SMILES string of the molecule is CCOC(=O)CNC(=O)c1c(C)c(C(C)=O)nn(-c2ccc(F)cc2)c1=O. The van der Waals surface area contributed by atoms with Crippen molar-refractivity contribution in [1.82, 2.24) is 15.1 Å². The standard InChI is InChI=1S/C18H18FN3O5/c1-4-27-14(24)9-20-17(25)15-10(2)16(11(3)23)21-22(18(15)26)13-7-5-12(19)6-8-13/h5-8H,4,9H2,1-3H3,(H,20,25). The van der Waals surface area contributed by atoms with Gasteiger partial charge < -0.3 is 10.1 Å². The summed E-state index contributed by atoms with van der Waals surface area (Å²) in [5.74, 6) is -2.48. The molecule has 1 N–H and O–H groups in total. The Hall–Kier alpha value is -3.36. The summed E-state index contributed by atoms with van der Waals surface area (Å²) in [7, 11) is 0. The molecule has 0 unspecified atom stereocenters. The van der Waals surface area contributed by atoms with E-state index in [4.69, 9.17) is 4.74 Å². The molecule has 0 atom stereocenters. The van der Waals surface area contributed by atoms with E-state index in [9.17, 15) is 23.6 Å². The Morgan fingerprint density at radius 1 is 1.22 bits per heavy atom. The lowest BCUT2D eigenvalue weighted by molar-refractivity contribution is -0.141. The first kappa shape index (κ1) is 20.0. The molecular formula is C18H18FN3O5. The summed E-state index contributed by atoms with van der Waals surface area (Å²) in [5, 5.41) is 6.29. The first-order chi connectivity index (χ1) is 12.8. The second kappa shape index (κ2) is 8.35. The largest absolute Gasteiger partial charge is 0.465 e. The lowest BCUT2D eigenvalue weighted by Crippen LogP contribution is -2.38. The number of halogens is 1. The van der Waals surface area contributed by atoms with Gasteiger partial charge in [0.15, 0.2) is 5.78 Å². The number of hydrogen-bond acceptors (Lipinski definition) is 6. The number of carbonyl (C=O) groups is 3. The highest BCUT2D eigenvalue weighted by molar-refractivity contribution is 6.01. The Morgan fingerprint density at radius 2 is 1.85 bits per heavy atom. The van der Waals surface area contributed by atoms with Gasteiger partial charge in [0.2, 0.25) is 0 Å². The van der Waals surface area contributed by atoms with Gasteiger partial charge in [0.1, 0.15) is 23.6 Å². The Kier molecular flexibility index (Phi) is 6.17. The fourth-order valence-corrected chi connectivity index (χ4v) is 2.42. The third kappa shape index (κ3) is 4.43. The molecule has 142 valence electrons. The maximum Gasteiger partial charge on any atom is 0.325 e. The normalized spacial score (nSPS) is 10.4. The van der Waals surface area contributed by atoms with Crippen LogP contribution < -0.4 is 10.9 Å². The van der Waals surface area contributed by atoms with Gasteiger partial charge >= 0.3 is 5.97 Å². The average Bonchev–Trinajstić information content (AvgIpc) is 2.61. The molecule has 0 radical (unpaired) electrons.